The summed E-state index contributed by atoms with van der Waals surface area (Å²) in [7, 11) is 2.99. The number of benzene rings is 1. The molecule has 0 aliphatic heterocycles. The zero-order valence-corrected chi connectivity index (χ0v) is 10.2. The van der Waals surface area contributed by atoms with Crippen molar-refractivity contribution in [1.29, 1.82) is 0 Å². The van der Waals surface area contributed by atoms with Crippen molar-refractivity contribution in [1.82, 2.24) is 5.32 Å². The smallest absolute Gasteiger partial charge is 0.253 e. The minimum absolute atomic E-state index is 0.0406. The molecule has 2 amide bonds. The highest BCUT2D eigenvalue weighted by Gasteiger charge is 2.12. The number of ether oxygens (including phenoxy) is 1. The van der Waals surface area contributed by atoms with Gasteiger partial charge in [-0.1, -0.05) is 11.6 Å². The molecule has 0 aromatic heterocycles. The molecule has 0 atom stereocenters. The zero-order valence-electron chi connectivity index (χ0n) is 10.2. The average Bonchev–Trinajstić information content (AvgIpc) is 2.30. The second-order valence-electron chi connectivity index (χ2n) is 3.61. The molecule has 0 saturated carbocycles. The topological polar surface area (TPSA) is 67.4 Å². The van der Waals surface area contributed by atoms with Crippen molar-refractivity contribution in [3.05, 3.63) is 29.3 Å². The van der Waals surface area contributed by atoms with Gasteiger partial charge in [0.05, 0.1) is 11.3 Å². The molecule has 17 heavy (non-hydrogen) atoms. The number of hydrogen-bond acceptors (Lipinski definition) is 3. The van der Waals surface area contributed by atoms with E-state index in [1.54, 1.807) is 19.2 Å². The maximum Gasteiger partial charge on any atom is 0.253 e. The normalized spacial score (nSPS) is 9.82. The van der Waals surface area contributed by atoms with Crippen LogP contribution in [0, 0.1) is 6.92 Å². The summed E-state index contributed by atoms with van der Waals surface area (Å²) in [6, 6.07) is 5.25. The van der Waals surface area contributed by atoms with E-state index >= 15 is 0 Å². The minimum Gasteiger partial charge on any atom is -0.375 e. The molecule has 0 heterocycles. The van der Waals surface area contributed by atoms with Crippen LogP contribution in [0.1, 0.15) is 15.9 Å². The van der Waals surface area contributed by atoms with Crippen LogP contribution in [0.2, 0.25) is 0 Å². The Morgan fingerprint density at radius 3 is 2.65 bits per heavy atom. The van der Waals surface area contributed by atoms with E-state index in [1.807, 2.05) is 13.0 Å². The molecule has 1 aromatic carbocycles. The molecule has 0 aliphatic carbocycles. The summed E-state index contributed by atoms with van der Waals surface area (Å²) in [5.74, 6) is -0.525. The molecule has 0 spiro atoms. The second-order valence-corrected chi connectivity index (χ2v) is 3.61. The van der Waals surface area contributed by atoms with E-state index in [0.717, 1.165) is 5.56 Å². The van der Waals surface area contributed by atoms with Gasteiger partial charge in [0.1, 0.15) is 6.61 Å². The number of carbonyl (C=O) groups excluding carboxylic acids is 2. The Balaban J connectivity index is 2.98. The lowest BCUT2D eigenvalue weighted by atomic mass is 10.1. The Labute approximate surface area is 100 Å². The fraction of sp³-hybridized carbons (Fsp3) is 0.333. The third kappa shape index (κ3) is 3.57. The predicted molar refractivity (Wildman–Crippen MR) is 65.1 cm³/mol. The van der Waals surface area contributed by atoms with Crippen molar-refractivity contribution in [3.8, 4) is 0 Å². The molecule has 0 unspecified atom stereocenters. The average molecular weight is 236 g/mol. The molecule has 0 fully saturated rings. The van der Waals surface area contributed by atoms with Crippen molar-refractivity contribution < 1.29 is 14.3 Å². The number of aryl methyl sites for hydroxylation is 1. The molecule has 92 valence electrons. The Morgan fingerprint density at radius 2 is 2.06 bits per heavy atom. The van der Waals surface area contributed by atoms with Crippen LogP contribution in [0.25, 0.3) is 0 Å². The second kappa shape index (κ2) is 6.00. The van der Waals surface area contributed by atoms with E-state index < -0.39 is 0 Å². The fourth-order valence-electron chi connectivity index (χ4n) is 1.41. The largest absolute Gasteiger partial charge is 0.375 e. The number of rotatable bonds is 4. The van der Waals surface area contributed by atoms with Gasteiger partial charge in [0.2, 0.25) is 5.91 Å². The third-order valence-electron chi connectivity index (χ3n) is 2.20. The highest BCUT2D eigenvalue weighted by molar-refractivity contribution is 6.04. The SMILES string of the molecule is CNC(=O)c1cc(C)ccc1NC(=O)COC. The summed E-state index contributed by atoms with van der Waals surface area (Å²) in [6.07, 6.45) is 0. The molecule has 2 N–H and O–H groups in total. The standard InChI is InChI=1S/C12H16N2O3/c1-8-4-5-10(14-11(15)7-17-3)9(6-8)12(16)13-2/h4-6H,7H2,1-3H3,(H,13,16)(H,14,15). The highest BCUT2D eigenvalue weighted by Crippen LogP contribution is 2.17. The van der Waals surface area contributed by atoms with Gasteiger partial charge < -0.3 is 15.4 Å². The minimum atomic E-state index is -0.290. The summed E-state index contributed by atoms with van der Waals surface area (Å²) >= 11 is 0. The molecular weight excluding hydrogens is 220 g/mol. The molecule has 0 radical (unpaired) electrons. The van der Waals surface area contributed by atoms with E-state index in [1.165, 1.54) is 7.11 Å². The van der Waals surface area contributed by atoms with Crippen LogP contribution in [0.3, 0.4) is 0 Å². The van der Waals surface area contributed by atoms with Gasteiger partial charge in [-0.25, -0.2) is 0 Å². The number of nitrogens with one attached hydrogen (secondary N) is 2. The van der Waals surface area contributed by atoms with Crippen LogP contribution < -0.4 is 10.6 Å². The Morgan fingerprint density at radius 1 is 1.35 bits per heavy atom. The van der Waals surface area contributed by atoms with Gasteiger partial charge in [-0.3, -0.25) is 9.59 Å². The first-order valence-electron chi connectivity index (χ1n) is 5.20. The number of amides is 2. The first-order chi connectivity index (χ1) is 8.08. The van der Waals surface area contributed by atoms with Crippen LogP contribution in [0.4, 0.5) is 5.69 Å². The van der Waals surface area contributed by atoms with E-state index in [9.17, 15) is 9.59 Å². The van der Waals surface area contributed by atoms with Crippen LogP contribution in [-0.4, -0.2) is 32.6 Å². The first-order valence-corrected chi connectivity index (χ1v) is 5.20. The molecule has 1 rings (SSSR count). The van der Waals surface area contributed by atoms with E-state index in [0.29, 0.717) is 11.3 Å². The van der Waals surface area contributed by atoms with E-state index in [-0.39, 0.29) is 18.4 Å². The van der Waals surface area contributed by atoms with Crippen LogP contribution >= 0.6 is 0 Å². The lowest BCUT2D eigenvalue weighted by Crippen LogP contribution is -2.23. The summed E-state index contributed by atoms with van der Waals surface area (Å²) < 4.78 is 4.71. The fourth-order valence-corrected chi connectivity index (χ4v) is 1.41. The lowest BCUT2D eigenvalue weighted by Gasteiger charge is -2.10. The van der Waals surface area contributed by atoms with Gasteiger partial charge in [0, 0.05) is 14.2 Å². The van der Waals surface area contributed by atoms with Gasteiger partial charge in [-0.05, 0) is 19.1 Å². The monoisotopic (exact) mass is 236 g/mol. The molecule has 5 heteroatoms. The lowest BCUT2D eigenvalue weighted by molar-refractivity contribution is -0.119. The molecule has 0 bridgehead atoms. The zero-order chi connectivity index (χ0) is 12.8. The van der Waals surface area contributed by atoms with Crippen LogP contribution in [-0.2, 0) is 9.53 Å². The first kappa shape index (κ1) is 13.2. The Hall–Kier alpha value is -1.88. The third-order valence-corrected chi connectivity index (χ3v) is 2.20. The van der Waals surface area contributed by atoms with Gasteiger partial charge >= 0.3 is 0 Å². The maximum absolute atomic E-state index is 11.6. The van der Waals surface area contributed by atoms with Gasteiger partial charge in [-0.15, -0.1) is 0 Å². The number of hydrogen-bond donors (Lipinski definition) is 2. The van der Waals surface area contributed by atoms with E-state index in [2.05, 4.69) is 10.6 Å². The van der Waals surface area contributed by atoms with Crippen LogP contribution in [0.15, 0.2) is 18.2 Å². The van der Waals surface area contributed by atoms with Crippen LogP contribution in [0.5, 0.6) is 0 Å². The van der Waals surface area contributed by atoms with Gasteiger partial charge in [-0.2, -0.15) is 0 Å². The molecule has 5 nitrogen and oxygen atoms in total. The number of anilines is 1. The summed E-state index contributed by atoms with van der Waals surface area (Å²) in [5, 5.41) is 5.16. The van der Waals surface area contributed by atoms with E-state index in [4.69, 9.17) is 4.74 Å². The summed E-state index contributed by atoms with van der Waals surface area (Å²) in [4.78, 5) is 23.0. The van der Waals surface area contributed by atoms with Crippen molar-refractivity contribution in [3.63, 3.8) is 0 Å². The van der Waals surface area contributed by atoms with Crippen molar-refractivity contribution >= 4 is 17.5 Å². The molecule has 0 aliphatic rings. The Kier molecular flexibility index (Phi) is 4.66. The molecule has 0 saturated heterocycles. The van der Waals surface area contributed by atoms with Gasteiger partial charge in [0.25, 0.3) is 5.91 Å². The summed E-state index contributed by atoms with van der Waals surface area (Å²) in [5.41, 5.74) is 1.88. The molecular formula is C12H16N2O3. The van der Waals surface area contributed by atoms with Gasteiger partial charge in [0.15, 0.2) is 0 Å². The van der Waals surface area contributed by atoms with Crippen molar-refractivity contribution in [2.24, 2.45) is 0 Å². The molecule has 1 aromatic rings. The Bertz CT molecular complexity index is 430. The van der Waals surface area contributed by atoms with Crippen molar-refractivity contribution in [2.45, 2.75) is 6.92 Å². The predicted octanol–water partition coefficient (Wildman–Crippen LogP) is 0.940. The quantitative estimate of drug-likeness (QED) is 0.817. The maximum atomic E-state index is 11.6. The number of carbonyl (C=O) groups is 2. The highest BCUT2D eigenvalue weighted by atomic mass is 16.5. The van der Waals surface area contributed by atoms with Crippen molar-refractivity contribution in [2.75, 3.05) is 26.1 Å². The summed E-state index contributed by atoms with van der Waals surface area (Å²) in [6.45, 7) is 1.84. The number of methoxy groups -OCH3 is 1.